The molecule has 0 amide bonds. The Morgan fingerprint density at radius 1 is 1.10 bits per heavy atom. The molecule has 1 heterocycles. The second kappa shape index (κ2) is 12.4. The van der Waals surface area contributed by atoms with E-state index in [9.17, 15) is 5.11 Å². The Morgan fingerprint density at radius 3 is 2.55 bits per heavy atom. The van der Waals surface area contributed by atoms with E-state index in [-0.39, 0.29) is 6.61 Å². The summed E-state index contributed by atoms with van der Waals surface area (Å²) in [5.41, 5.74) is 2.25. The minimum absolute atomic E-state index is 0.246. The molecule has 0 bridgehead atoms. The van der Waals surface area contributed by atoms with E-state index in [1.165, 1.54) is 0 Å². The van der Waals surface area contributed by atoms with Crippen molar-refractivity contribution in [3.8, 4) is 11.5 Å². The molecule has 0 saturated carbocycles. The summed E-state index contributed by atoms with van der Waals surface area (Å²) in [6.07, 6.45) is 2.22. The van der Waals surface area contributed by atoms with E-state index in [1.54, 1.807) is 7.11 Å². The number of likely N-dealkylation sites (N-methyl/N-ethyl adjacent to an activating group) is 2. The summed E-state index contributed by atoms with van der Waals surface area (Å²) in [6.45, 7) is 8.60. The molecule has 1 aromatic heterocycles. The van der Waals surface area contributed by atoms with E-state index < -0.39 is 6.10 Å². The monoisotopic (exact) mass is 401 g/mol. The van der Waals surface area contributed by atoms with Crippen LogP contribution < -0.4 is 9.47 Å². The van der Waals surface area contributed by atoms with Gasteiger partial charge in [0.15, 0.2) is 11.5 Å². The van der Waals surface area contributed by atoms with Gasteiger partial charge >= 0.3 is 0 Å². The first-order valence-electron chi connectivity index (χ1n) is 10.3. The number of aliphatic hydroxyl groups excluding tert-OH is 1. The maximum atomic E-state index is 10.2. The molecule has 160 valence electrons. The van der Waals surface area contributed by atoms with Gasteiger partial charge in [0.2, 0.25) is 0 Å². The third-order valence-electron chi connectivity index (χ3n) is 4.95. The van der Waals surface area contributed by atoms with Crippen LogP contribution in [0, 0.1) is 0 Å². The van der Waals surface area contributed by atoms with E-state index in [0.29, 0.717) is 18.0 Å². The Kier molecular flexibility index (Phi) is 9.91. The second-order valence-corrected chi connectivity index (χ2v) is 7.24. The molecule has 0 aliphatic rings. The highest BCUT2D eigenvalue weighted by Gasteiger charge is 2.13. The molecule has 0 saturated heterocycles. The fourth-order valence-corrected chi connectivity index (χ4v) is 3.19. The molecular formula is C23H35N3O3. The van der Waals surface area contributed by atoms with Crippen molar-refractivity contribution >= 4 is 0 Å². The number of aliphatic hydroxyl groups is 1. The number of aromatic nitrogens is 1. The average molecular weight is 402 g/mol. The fourth-order valence-electron chi connectivity index (χ4n) is 3.19. The largest absolute Gasteiger partial charge is 0.493 e. The molecule has 0 aliphatic carbocycles. The van der Waals surface area contributed by atoms with Gasteiger partial charge in [0.25, 0.3) is 0 Å². The third-order valence-corrected chi connectivity index (χ3v) is 4.95. The topological polar surface area (TPSA) is 58.1 Å². The maximum absolute atomic E-state index is 10.2. The summed E-state index contributed by atoms with van der Waals surface area (Å²) < 4.78 is 11.3. The van der Waals surface area contributed by atoms with Crippen molar-refractivity contribution in [3.63, 3.8) is 0 Å². The molecule has 1 aromatic carbocycles. The molecule has 0 radical (unpaired) electrons. The van der Waals surface area contributed by atoms with Gasteiger partial charge in [-0.1, -0.05) is 26.0 Å². The standard InChI is InChI=1S/C23H35N3O3/c1-5-26(6-2)17-21(27)18-29-22-11-10-19(15-23(22)28-4)16-25(3)14-12-20-9-7-8-13-24-20/h7-11,13,15,21,27H,5-6,12,14,16-18H2,1-4H3/t21-/m1/s1. The highest BCUT2D eigenvalue weighted by Crippen LogP contribution is 2.28. The first-order chi connectivity index (χ1) is 14.0. The summed E-state index contributed by atoms with van der Waals surface area (Å²) in [7, 11) is 3.74. The molecule has 0 fully saturated rings. The second-order valence-electron chi connectivity index (χ2n) is 7.24. The van der Waals surface area contributed by atoms with Crippen molar-refractivity contribution in [1.29, 1.82) is 0 Å². The van der Waals surface area contributed by atoms with Crippen LogP contribution in [-0.4, -0.2) is 72.9 Å². The first kappa shape index (κ1) is 23.1. The lowest BCUT2D eigenvalue weighted by Gasteiger charge is -2.22. The molecule has 29 heavy (non-hydrogen) atoms. The van der Waals surface area contributed by atoms with Crippen LogP contribution in [0.1, 0.15) is 25.1 Å². The van der Waals surface area contributed by atoms with Gasteiger partial charge in [-0.2, -0.15) is 0 Å². The predicted octanol–water partition coefficient (Wildman–Crippen LogP) is 2.85. The minimum atomic E-state index is -0.531. The smallest absolute Gasteiger partial charge is 0.161 e. The molecule has 1 atom stereocenters. The lowest BCUT2D eigenvalue weighted by Crippen LogP contribution is -2.35. The van der Waals surface area contributed by atoms with Crippen LogP contribution in [0.3, 0.4) is 0 Å². The molecule has 2 rings (SSSR count). The van der Waals surface area contributed by atoms with E-state index in [1.807, 2.05) is 36.5 Å². The van der Waals surface area contributed by atoms with Crippen molar-refractivity contribution in [2.45, 2.75) is 32.9 Å². The molecule has 0 aliphatic heterocycles. The zero-order valence-corrected chi connectivity index (χ0v) is 18.2. The van der Waals surface area contributed by atoms with Crippen molar-refractivity contribution < 1.29 is 14.6 Å². The number of hydrogen-bond acceptors (Lipinski definition) is 6. The number of methoxy groups -OCH3 is 1. The number of pyridine rings is 1. The average Bonchev–Trinajstić information content (AvgIpc) is 2.75. The molecule has 0 unspecified atom stereocenters. The van der Waals surface area contributed by atoms with Gasteiger partial charge in [0.05, 0.1) is 7.11 Å². The van der Waals surface area contributed by atoms with Crippen LogP contribution in [0.2, 0.25) is 0 Å². The molecular weight excluding hydrogens is 366 g/mol. The Bertz CT molecular complexity index is 708. The van der Waals surface area contributed by atoms with Crippen LogP contribution in [0.25, 0.3) is 0 Å². The summed E-state index contributed by atoms with van der Waals surface area (Å²) >= 11 is 0. The van der Waals surface area contributed by atoms with Gasteiger partial charge in [0, 0.05) is 37.9 Å². The number of benzene rings is 1. The van der Waals surface area contributed by atoms with Crippen LogP contribution in [0.4, 0.5) is 0 Å². The summed E-state index contributed by atoms with van der Waals surface area (Å²) in [4.78, 5) is 8.81. The van der Waals surface area contributed by atoms with Gasteiger partial charge in [0.1, 0.15) is 12.7 Å². The summed E-state index contributed by atoms with van der Waals surface area (Å²) in [6, 6.07) is 12.0. The Morgan fingerprint density at radius 2 is 1.90 bits per heavy atom. The zero-order valence-electron chi connectivity index (χ0n) is 18.2. The fraction of sp³-hybridized carbons (Fsp3) is 0.522. The Labute approximate surface area is 175 Å². The highest BCUT2D eigenvalue weighted by atomic mass is 16.5. The molecule has 6 heteroatoms. The normalized spacial score (nSPS) is 12.4. The Hall–Kier alpha value is -2.15. The van der Waals surface area contributed by atoms with Crippen molar-refractivity contribution in [2.24, 2.45) is 0 Å². The SMILES string of the molecule is CCN(CC)C[C@@H](O)COc1ccc(CN(C)CCc2ccccn2)cc1OC. The van der Waals surface area contributed by atoms with Crippen molar-refractivity contribution in [2.75, 3.05) is 46.9 Å². The quantitative estimate of drug-likeness (QED) is 0.557. The molecule has 0 spiro atoms. The first-order valence-corrected chi connectivity index (χ1v) is 10.3. The van der Waals surface area contributed by atoms with Crippen molar-refractivity contribution in [1.82, 2.24) is 14.8 Å². The summed E-state index contributed by atoms with van der Waals surface area (Å²) in [5.74, 6) is 1.35. The van der Waals surface area contributed by atoms with Gasteiger partial charge in [-0.15, -0.1) is 0 Å². The Balaban J connectivity index is 1.87. The van der Waals surface area contributed by atoms with Gasteiger partial charge in [-0.05, 0) is 50.0 Å². The van der Waals surface area contributed by atoms with E-state index in [0.717, 1.165) is 43.9 Å². The lowest BCUT2D eigenvalue weighted by atomic mass is 10.2. The lowest BCUT2D eigenvalue weighted by molar-refractivity contribution is 0.0705. The third kappa shape index (κ3) is 8.01. The highest BCUT2D eigenvalue weighted by molar-refractivity contribution is 5.43. The minimum Gasteiger partial charge on any atom is -0.493 e. The number of ether oxygens (including phenoxy) is 2. The van der Waals surface area contributed by atoms with Gasteiger partial charge in [-0.25, -0.2) is 0 Å². The molecule has 2 aromatic rings. The zero-order chi connectivity index (χ0) is 21.1. The van der Waals surface area contributed by atoms with Crippen LogP contribution >= 0.6 is 0 Å². The van der Waals surface area contributed by atoms with Gasteiger partial charge in [-0.3, -0.25) is 4.98 Å². The molecule has 1 N–H and O–H groups in total. The van der Waals surface area contributed by atoms with E-state index in [4.69, 9.17) is 9.47 Å². The van der Waals surface area contributed by atoms with E-state index >= 15 is 0 Å². The number of rotatable bonds is 13. The van der Waals surface area contributed by atoms with Crippen LogP contribution in [-0.2, 0) is 13.0 Å². The van der Waals surface area contributed by atoms with Crippen molar-refractivity contribution in [3.05, 3.63) is 53.9 Å². The van der Waals surface area contributed by atoms with E-state index in [2.05, 4.69) is 41.7 Å². The number of hydrogen-bond donors (Lipinski definition) is 1. The summed E-state index contributed by atoms with van der Waals surface area (Å²) in [5, 5.41) is 10.2. The maximum Gasteiger partial charge on any atom is 0.161 e. The van der Waals surface area contributed by atoms with Crippen LogP contribution in [0.5, 0.6) is 11.5 Å². The number of nitrogens with zero attached hydrogens (tertiary/aromatic N) is 3. The van der Waals surface area contributed by atoms with Crippen LogP contribution in [0.15, 0.2) is 42.6 Å². The predicted molar refractivity (Wildman–Crippen MR) is 117 cm³/mol. The van der Waals surface area contributed by atoms with Gasteiger partial charge < -0.3 is 24.4 Å². The molecule has 6 nitrogen and oxygen atoms in total.